The minimum atomic E-state index is 0.946. The number of para-hydroxylation sites is 1. The molecule has 0 heterocycles. The third kappa shape index (κ3) is 4.51. The van der Waals surface area contributed by atoms with Crippen LogP contribution in [0.4, 0.5) is 5.69 Å². The predicted octanol–water partition coefficient (Wildman–Crippen LogP) is 3.33. The van der Waals surface area contributed by atoms with Crippen molar-refractivity contribution < 1.29 is 0 Å². The maximum atomic E-state index is 3.68. The van der Waals surface area contributed by atoms with Crippen LogP contribution >= 0.6 is 0 Å². The van der Waals surface area contributed by atoms with Crippen LogP contribution in [0.2, 0.25) is 0 Å². The van der Waals surface area contributed by atoms with E-state index in [1.807, 2.05) is 0 Å². The molecule has 0 aliphatic rings. The Balaban J connectivity index is 2.67. The van der Waals surface area contributed by atoms with Crippen molar-refractivity contribution >= 4 is 5.69 Å². The van der Waals surface area contributed by atoms with Gasteiger partial charge in [0.25, 0.3) is 0 Å². The number of benzene rings is 1. The molecule has 0 saturated heterocycles. The fraction of sp³-hybridized carbons (Fsp3) is 0.467. The summed E-state index contributed by atoms with van der Waals surface area (Å²) in [4.78, 5) is 2.45. The lowest BCUT2D eigenvalue weighted by molar-refractivity contribution is 0.693. The lowest BCUT2D eigenvalue weighted by Crippen LogP contribution is -2.31. The van der Waals surface area contributed by atoms with Crippen LogP contribution in [0.15, 0.2) is 37.0 Å². The molecule has 17 heavy (non-hydrogen) atoms. The van der Waals surface area contributed by atoms with E-state index in [2.05, 4.69) is 54.9 Å². The van der Waals surface area contributed by atoms with Gasteiger partial charge in [-0.15, -0.1) is 0 Å². The summed E-state index contributed by atoms with van der Waals surface area (Å²) in [7, 11) is 0. The standard InChI is InChI=1S/C15H24N2/c1-4-6-12-17(13-11-16-5-2)15-10-8-7-9-14(15)3/h5,7-10,16H,2,4,6,11-13H2,1,3H3. The predicted molar refractivity (Wildman–Crippen MR) is 76.5 cm³/mol. The first-order valence-corrected chi connectivity index (χ1v) is 6.44. The zero-order chi connectivity index (χ0) is 12.5. The lowest BCUT2D eigenvalue weighted by atomic mass is 10.1. The number of unbranched alkanes of at least 4 members (excludes halogenated alkanes) is 1. The van der Waals surface area contributed by atoms with Crippen LogP contribution in [-0.2, 0) is 0 Å². The number of nitrogens with one attached hydrogen (secondary N) is 1. The molecule has 1 aromatic rings. The van der Waals surface area contributed by atoms with E-state index in [0.29, 0.717) is 0 Å². The molecule has 0 aromatic heterocycles. The molecular weight excluding hydrogens is 208 g/mol. The highest BCUT2D eigenvalue weighted by atomic mass is 15.1. The Morgan fingerprint density at radius 3 is 2.71 bits per heavy atom. The summed E-state index contributed by atoms with van der Waals surface area (Å²) in [6, 6.07) is 8.59. The van der Waals surface area contributed by atoms with E-state index in [4.69, 9.17) is 0 Å². The van der Waals surface area contributed by atoms with Crippen LogP contribution in [0, 0.1) is 6.92 Å². The van der Waals surface area contributed by atoms with Crippen molar-refractivity contribution in [1.29, 1.82) is 0 Å². The van der Waals surface area contributed by atoms with Crippen molar-refractivity contribution in [3.05, 3.63) is 42.6 Å². The van der Waals surface area contributed by atoms with Crippen molar-refractivity contribution in [1.82, 2.24) is 5.32 Å². The van der Waals surface area contributed by atoms with Crippen LogP contribution in [0.25, 0.3) is 0 Å². The van der Waals surface area contributed by atoms with Crippen molar-refractivity contribution in [2.24, 2.45) is 0 Å². The summed E-state index contributed by atoms with van der Waals surface area (Å²) in [5, 5.41) is 3.17. The average Bonchev–Trinajstić information content (AvgIpc) is 2.35. The first-order valence-electron chi connectivity index (χ1n) is 6.44. The van der Waals surface area contributed by atoms with E-state index in [0.717, 1.165) is 19.6 Å². The largest absolute Gasteiger partial charge is 0.390 e. The molecule has 2 heteroatoms. The molecule has 0 fully saturated rings. The van der Waals surface area contributed by atoms with Gasteiger partial charge in [0, 0.05) is 25.3 Å². The number of hydrogen-bond acceptors (Lipinski definition) is 2. The third-order valence-electron chi connectivity index (χ3n) is 2.91. The normalized spacial score (nSPS) is 10.0. The van der Waals surface area contributed by atoms with Crippen LogP contribution in [0.5, 0.6) is 0 Å². The van der Waals surface area contributed by atoms with Crippen molar-refractivity contribution in [3.8, 4) is 0 Å². The highest BCUT2D eigenvalue weighted by molar-refractivity contribution is 5.52. The fourth-order valence-corrected chi connectivity index (χ4v) is 1.92. The van der Waals surface area contributed by atoms with E-state index in [-0.39, 0.29) is 0 Å². The molecule has 0 unspecified atom stereocenters. The monoisotopic (exact) mass is 232 g/mol. The Bertz CT molecular complexity index is 333. The number of nitrogens with zero attached hydrogens (tertiary/aromatic N) is 1. The van der Waals surface area contributed by atoms with Crippen molar-refractivity contribution in [2.45, 2.75) is 26.7 Å². The smallest absolute Gasteiger partial charge is 0.0396 e. The Morgan fingerprint density at radius 2 is 2.06 bits per heavy atom. The van der Waals surface area contributed by atoms with Crippen LogP contribution in [0.3, 0.4) is 0 Å². The second-order valence-corrected chi connectivity index (χ2v) is 4.29. The molecule has 0 aliphatic carbocycles. The van der Waals surface area contributed by atoms with Gasteiger partial charge in [-0.3, -0.25) is 0 Å². The Hall–Kier alpha value is -1.44. The van der Waals surface area contributed by atoms with Crippen LogP contribution < -0.4 is 10.2 Å². The number of aryl methyl sites for hydroxylation is 1. The second-order valence-electron chi connectivity index (χ2n) is 4.29. The summed E-state index contributed by atoms with van der Waals surface area (Å²) in [5.41, 5.74) is 2.70. The van der Waals surface area contributed by atoms with Crippen LogP contribution in [-0.4, -0.2) is 19.6 Å². The van der Waals surface area contributed by atoms with Gasteiger partial charge in [0.05, 0.1) is 0 Å². The van der Waals surface area contributed by atoms with Gasteiger partial charge in [-0.05, 0) is 31.2 Å². The molecule has 0 radical (unpaired) electrons. The molecule has 0 aliphatic heterocycles. The van der Waals surface area contributed by atoms with Gasteiger partial charge in [0.1, 0.15) is 0 Å². The van der Waals surface area contributed by atoms with Gasteiger partial charge < -0.3 is 10.2 Å². The van der Waals surface area contributed by atoms with E-state index in [9.17, 15) is 0 Å². The van der Waals surface area contributed by atoms with E-state index < -0.39 is 0 Å². The van der Waals surface area contributed by atoms with E-state index >= 15 is 0 Å². The maximum absolute atomic E-state index is 3.68. The van der Waals surface area contributed by atoms with Crippen LogP contribution in [0.1, 0.15) is 25.3 Å². The maximum Gasteiger partial charge on any atom is 0.0396 e. The molecule has 0 spiro atoms. The minimum absolute atomic E-state index is 0.946. The first-order chi connectivity index (χ1) is 8.29. The summed E-state index contributed by atoms with van der Waals surface area (Å²) in [5.74, 6) is 0. The SMILES string of the molecule is C=CNCCN(CCCC)c1ccccc1C. The van der Waals surface area contributed by atoms with Gasteiger partial charge in [-0.1, -0.05) is 38.1 Å². The average molecular weight is 232 g/mol. The molecule has 0 amide bonds. The number of rotatable bonds is 8. The highest BCUT2D eigenvalue weighted by Gasteiger charge is 2.07. The molecule has 1 rings (SSSR count). The molecular formula is C15H24N2. The Labute approximate surface area is 105 Å². The lowest BCUT2D eigenvalue weighted by Gasteiger charge is -2.26. The van der Waals surface area contributed by atoms with Crippen molar-refractivity contribution in [3.63, 3.8) is 0 Å². The van der Waals surface area contributed by atoms with E-state index in [1.54, 1.807) is 6.20 Å². The van der Waals surface area contributed by atoms with E-state index in [1.165, 1.54) is 24.1 Å². The molecule has 2 nitrogen and oxygen atoms in total. The summed E-state index contributed by atoms with van der Waals surface area (Å²) in [6.07, 6.45) is 4.23. The summed E-state index contributed by atoms with van der Waals surface area (Å²) >= 11 is 0. The number of anilines is 1. The van der Waals surface area contributed by atoms with Gasteiger partial charge in [-0.25, -0.2) is 0 Å². The zero-order valence-corrected chi connectivity index (χ0v) is 11.1. The van der Waals surface area contributed by atoms with Gasteiger partial charge in [-0.2, -0.15) is 0 Å². The topological polar surface area (TPSA) is 15.3 Å². The zero-order valence-electron chi connectivity index (χ0n) is 11.1. The Kier molecular flexibility index (Phi) is 6.23. The molecule has 0 atom stereocenters. The van der Waals surface area contributed by atoms with Gasteiger partial charge >= 0.3 is 0 Å². The molecule has 1 aromatic carbocycles. The second kappa shape index (κ2) is 7.77. The molecule has 0 bridgehead atoms. The van der Waals surface area contributed by atoms with Crippen molar-refractivity contribution in [2.75, 3.05) is 24.5 Å². The highest BCUT2D eigenvalue weighted by Crippen LogP contribution is 2.19. The third-order valence-corrected chi connectivity index (χ3v) is 2.91. The van der Waals surface area contributed by atoms with Gasteiger partial charge in [0.15, 0.2) is 0 Å². The Morgan fingerprint density at radius 1 is 1.29 bits per heavy atom. The minimum Gasteiger partial charge on any atom is -0.390 e. The summed E-state index contributed by atoms with van der Waals surface area (Å²) < 4.78 is 0. The first kappa shape index (κ1) is 13.6. The molecule has 94 valence electrons. The summed E-state index contributed by atoms with van der Waals surface area (Å²) in [6.45, 7) is 11.2. The fourth-order valence-electron chi connectivity index (χ4n) is 1.92. The molecule has 1 N–H and O–H groups in total. The van der Waals surface area contributed by atoms with Gasteiger partial charge in [0.2, 0.25) is 0 Å². The molecule has 0 saturated carbocycles. The number of hydrogen-bond donors (Lipinski definition) is 1. The quantitative estimate of drug-likeness (QED) is 0.692.